The van der Waals surface area contributed by atoms with Gasteiger partial charge in [-0.1, -0.05) is 53.6 Å². The van der Waals surface area contributed by atoms with Gasteiger partial charge in [-0.3, -0.25) is 9.36 Å². The van der Waals surface area contributed by atoms with Crippen LogP contribution in [0.15, 0.2) is 79.4 Å². The molecule has 0 saturated heterocycles. The summed E-state index contributed by atoms with van der Waals surface area (Å²) in [5, 5.41) is 10.9. The van der Waals surface area contributed by atoms with Crippen molar-refractivity contribution in [1.82, 2.24) is 20.1 Å². The van der Waals surface area contributed by atoms with Crippen LogP contribution in [0.25, 0.3) is 11.3 Å². The van der Waals surface area contributed by atoms with Gasteiger partial charge in [-0.05, 0) is 65.9 Å². The van der Waals surface area contributed by atoms with Crippen molar-refractivity contribution in [3.8, 4) is 5.69 Å². The van der Waals surface area contributed by atoms with Crippen LogP contribution in [-0.4, -0.2) is 27.2 Å². The third kappa shape index (κ3) is 4.37. The molecule has 1 atom stereocenters. The van der Waals surface area contributed by atoms with Gasteiger partial charge in [-0.2, -0.15) is 0 Å². The molecule has 5 nitrogen and oxygen atoms in total. The second-order valence-corrected chi connectivity index (χ2v) is 8.78. The van der Waals surface area contributed by atoms with Gasteiger partial charge in [0.15, 0.2) is 0 Å². The van der Waals surface area contributed by atoms with Crippen molar-refractivity contribution in [3.63, 3.8) is 0 Å². The molecule has 1 aliphatic rings. The predicted molar refractivity (Wildman–Crippen MR) is 131 cm³/mol. The number of carbonyl (C=O) groups excluding carboxylic acids is 1. The van der Waals surface area contributed by atoms with E-state index in [0.29, 0.717) is 17.1 Å². The van der Waals surface area contributed by atoms with Gasteiger partial charge >= 0.3 is 0 Å². The first-order valence-electron chi connectivity index (χ1n) is 11.0. The fourth-order valence-electron chi connectivity index (χ4n) is 4.44. The van der Waals surface area contributed by atoms with Crippen molar-refractivity contribution in [2.24, 2.45) is 0 Å². The van der Waals surface area contributed by atoms with Gasteiger partial charge in [0.25, 0.3) is 5.91 Å². The molecular formula is C27H22ClFN4O. The lowest BCUT2D eigenvalue weighted by atomic mass is 9.87. The van der Waals surface area contributed by atoms with E-state index < -0.39 is 0 Å². The number of nitrogens with zero attached hydrogens (tertiary/aromatic N) is 3. The highest BCUT2D eigenvalue weighted by molar-refractivity contribution is 6.34. The van der Waals surface area contributed by atoms with E-state index in [0.717, 1.165) is 28.8 Å². The lowest BCUT2D eigenvalue weighted by Crippen LogP contribution is -2.29. The van der Waals surface area contributed by atoms with E-state index in [1.807, 2.05) is 6.07 Å². The van der Waals surface area contributed by atoms with Gasteiger partial charge in [-0.25, -0.2) is 4.39 Å². The van der Waals surface area contributed by atoms with Crippen molar-refractivity contribution < 1.29 is 9.18 Å². The summed E-state index contributed by atoms with van der Waals surface area (Å²) in [5.74, 6) is -0.785. The molecule has 1 N–H and O–H groups in total. The average molecular weight is 473 g/mol. The zero-order chi connectivity index (χ0) is 23.7. The third-order valence-corrected chi connectivity index (χ3v) is 6.43. The summed E-state index contributed by atoms with van der Waals surface area (Å²) in [4.78, 5) is 13.1. The Morgan fingerprint density at radius 2 is 1.94 bits per heavy atom. The number of hydrogen-bond acceptors (Lipinski definition) is 3. The van der Waals surface area contributed by atoms with E-state index in [1.54, 1.807) is 41.5 Å². The Labute approximate surface area is 201 Å². The third-order valence-electron chi connectivity index (χ3n) is 6.12. The molecule has 0 radical (unpaired) electrons. The van der Waals surface area contributed by atoms with Crippen molar-refractivity contribution in [3.05, 3.63) is 118 Å². The number of benzene rings is 3. The summed E-state index contributed by atoms with van der Waals surface area (Å²) in [6.07, 6.45) is 6.11. The fraction of sp³-hybridized carbons (Fsp3) is 0.148. The van der Waals surface area contributed by atoms with Crippen LogP contribution in [0.1, 0.15) is 38.5 Å². The highest BCUT2D eigenvalue weighted by Crippen LogP contribution is 2.38. The lowest BCUT2D eigenvalue weighted by Gasteiger charge is -2.21. The minimum Gasteiger partial charge on any atom is -0.351 e. The van der Waals surface area contributed by atoms with Crippen LogP contribution in [0.2, 0.25) is 5.02 Å². The van der Waals surface area contributed by atoms with E-state index >= 15 is 0 Å². The van der Waals surface area contributed by atoms with Gasteiger partial charge in [0.2, 0.25) is 0 Å². The number of allylic oxidation sites excluding steroid dienone is 1. The summed E-state index contributed by atoms with van der Waals surface area (Å²) < 4.78 is 15.8. The molecular weight excluding hydrogens is 451 g/mol. The van der Waals surface area contributed by atoms with Crippen LogP contribution in [0, 0.1) is 12.7 Å². The fourth-order valence-corrected chi connectivity index (χ4v) is 4.70. The molecule has 0 spiro atoms. The molecule has 0 unspecified atom stereocenters. The van der Waals surface area contributed by atoms with Crippen LogP contribution in [0.5, 0.6) is 0 Å². The van der Waals surface area contributed by atoms with E-state index in [4.69, 9.17) is 11.6 Å². The largest absolute Gasteiger partial charge is 0.351 e. The maximum atomic E-state index is 14.1. The number of halogens is 2. The number of hydrogen-bond donors (Lipinski definition) is 1. The van der Waals surface area contributed by atoms with Crippen LogP contribution >= 0.6 is 11.6 Å². The molecule has 1 aliphatic carbocycles. The SMILES string of the molecule is Cc1ccc2c(c1)CC=C2[C@H](CNC(=O)c1ccc(-n2cnnc2)cc1Cl)c1cccc(F)c1. The van der Waals surface area contributed by atoms with Crippen LogP contribution in [0.3, 0.4) is 0 Å². The zero-order valence-electron chi connectivity index (χ0n) is 18.5. The molecule has 0 aliphatic heterocycles. The van der Waals surface area contributed by atoms with Crippen LogP contribution in [0.4, 0.5) is 4.39 Å². The van der Waals surface area contributed by atoms with Gasteiger partial charge in [0.1, 0.15) is 18.5 Å². The summed E-state index contributed by atoms with van der Waals surface area (Å²) in [5.41, 5.74) is 6.62. The number of amides is 1. The molecule has 0 bridgehead atoms. The Bertz CT molecular complexity index is 1400. The Balaban J connectivity index is 1.40. The van der Waals surface area contributed by atoms with Crippen LogP contribution < -0.4 is 5.32 Å². The second-order valence-electron chi connectivity index (χ2n) is 8.38. The molecule has 5 rings (SSSR count). The minimum absolute atomic E-state index is 0.196. The first-order valence-corrected chi connectivity index (χ1v) is 11.4. The molecule has 0 saturated carbocycles. The first-order chi connectivity index (χ1) is 16.5. The Kier molecular flexibility index (Phi) is 5.99. The zero-order valence-corrected chi connectivity index (χ0v) is 19.3. The van der Waals surface area contributed by atoms with Crippen molar-refractivity contribution in [2.45, 2.75) is 19.3 Å². The molecule has 7 heteroatoms. The maximum absolute atomic E-state index is 14.1. The minimum atomic E-state index is -0.302. The highest BCUT2D eigenvalue weighted by Gasteiger charge is 2.25. The monoisotopic (exact) mass is 472 g/mol. The number of carbonyl (C=O) groups is 1. The topological polar surface area (TPSA) is 59.8 Å². The molecule has 4 aromatic rings. The number of rotatable bonds is 6. The van der Waals surface area contributed by atoms with E-state index in [-0.39, 0.29) is 17.6 Å². The molecule has 34 heavy (non-hydrogen) atoms. The summed E-state index contributed by atoms with van der Waals surface area (Å²) in [6, 6.07) is 18.1. The smallest absolute Gasteiger partial charge is 0.252 e. The molecule has 3 aromatic carbocycles. The highest BCUT2D eigenvalue weighted by atomic mass is 35.5. The van der Waals surface area contributed by atoms with Crippen molar-refractivity contribution >= 4 is 23.1 Å². The Morgan fingerprint density at radius 1 is 1.12 bits per heavy atom. The number of fused-ring (bicyclic) bond motifs is 1. The first kappa shape index (κ1) is 22.0. The van der Waals surface area contributed by atoms with Gasteiger partial charge in [-0.15, -0.1) is 10.2 Å². The second kappa shape index (κ2) is 9.23. The molecule has 0 fully saturated rings. The quantitative estimate of drug-likeness (QED) is 0.402. The number of nitrogens with one attached hydrogen (secondary N) is 1. The number of aryl methyl sites for hydroxylation is 1. The van der Waals surface area contributed by atoms with Gasteiger partial charge in [0.05, 0.1) is 10.6 Å². The summed E-state index contributed by atoms with van der Waals surface area (Å²) in [7, 11) is 0. The average Bonchev–Trinajstić information content (AvgIpc) is 3.49. The van der Waals surface area contributed by atoms with E-state index in [2.05, 4.69) is 46.7 Å². The predicted octanol–water partition coefficient (Wildman–Crippen LogP) is 5.52. The normalized spacial score (nSPS) is 13.3. The molecule has 1 heterocycles. The van der Waals surface area contributed by atoms with Crippen LogP contribution in [-0.2, 0) is 6.42 Å². The Hall–Kier alpha value is -3.77. The van der Waals surface area contributed by atoms with E-state index in [1.165, 1.54) is 23.3 Å². The maximum Gasteiger partial charge on any atom is 0.252 e. The Morgan fingerprint density at radius 3 is 2.71 bits per heavy atom. The van der Waals surface area contributed by atoms with E-state index in [9.17, 15) is 9.18 Å². The molecule has 170 valence electrons. The summed E-state index contributed by atoms with van der Waals surface area (Å²) in [6.45, 7) is 2.38. The van der Waals surface area contributed by atoms with Gasteiger partial charge in [0, 0.05) is 18.2 Å². The van der Waals surface area contributed by atoms with Gasteiger partial charge < -0.3 is 5.32 Å². The van der Waals surface area contributed by atoms with Crippen molar-refractivity contribution in [2.75, 3.05) is 6.54 Å². The standard InChI is InChI=1S/C27H22ClFN4O/c1-17-5-8-22-19(11-17)6-9-23(22)25(18-3-2-4-20(29)12-18)14-30-27(34)24-10-7-21(13-26(24)28)33-15-31-32-16-33/h2-5,7-13,15-16,25H,6,14H2,1H3,(H,30,34)/t25-/m1/s1. The van der Waals surface area contributed by atoms with Crippen molar-refractivity contribution in [1.29, 1.82) is 0 Å². The summed E-state index contributed by atoms with van der Waals surface area (Å²) >= 11 is 6.43. The molecule has 1 amide bonds. The molecule has 1 aromatic heterocycles. The number of aromatic nitrogens is 3. The lowest BCUT2D eigenvalue weighted by molar-refractivity contribution is 0.0953.